The van der Waals surface area contributed by atoms with E-state index < -0.39 is 5.97 Å². The minimum atomic E-state index is -0.950. The third-order valence-corrected chi connectivity index (χ3v) is 6.04. The predicted molar refractivity (Wildman–Crippen MR) is 124 cm³/mol. The highest BCUT2D eigenvalue weighted by molar-refractivity contribution is 7.08. The maximum absolute atomic E-state index is 10.8. The molecule has 2 aromatic carbocycles. The van der Waals surface area contributed by atoms with Gasteiger partial charge in [0.25, 0.3) is 0 Å². The van der Waals surface area contributed by atoms with Crippen molar-refractivity contribution in [2.24, 2.45) is 0 Å². The fourth-order valence-corrected chi connectivity index (χ4v) is 4.58. The van der Waals surface area contributed by atoms with Crippen LogP contribution in [-0.2, 0) is 4.79 Å². The minimum absolute atomic E-state index is 0.857. The normalized spacial score (nSPS) is 12.5. The first-order chi connectivity index (χ1) is 14.6. The molecule has 0 saturated heterocycles. The van der Waals surface area contributed by atoms with Gasteiger partial charge in [-0.3, -0.25) is 5.10 Å². The van der Waals surface area contributed by atoms with E-state index in [4.69, 9.17) is 5.11 Å². The highest BCUT2D eigenvalue weighted by Crippen LogP contribution is 2.37. The first kappa shape index (κ1) is 19.9. The zero-order valence-corrected chi connectivity index (χ0v) is 17.7. The Bertz CT molecular complexity index is 1260. The number of aromatic amines is 1. The smallest absolute Gasteiger partial charge is 0.328 e. The molecule has 5 heteroatoms. The number of hydrogen-bond acceptors (Lipinski definition) is 3. The Labute approximate surface area is 179 Å². The Morgan fingerprint density at radius 3 is 2.57 bits per heavy atom. The summed E-state index contributed by atoms with van der Waals surface area (Å²) in [5, 5.41) is 21.5. The Kier molecular flexibility index (Phi) is 5.63. The number of nitrogens with one attached hydrogen (secondary N) is 1. The van der Waals surface area contributed by atoms with Gasteiger partial charge in [-0.15, -0.1) is 0 Å². The number of benzene rings is 2. The van der Waals surface area contributed by atoms with Crippen molar-refractivity contribution < 1.29 is 9.90 Å². The standard InChI is InChI=1S/C25H22N2O2S/c1-3-21(22-15-30-14-16(22)2)25(19-9-10-23-20(12-19)13-26-27-23)18-7-4-17(5-8-18)6-11-24(28)29/h4-15H,3H2,1-2H3,(H,26,27)(H,28,29). The van der Waals surface area contributed by atoms with E-state index in [2.05, 4.69) is 65.1 Å². The van der Waals surface area contributed by atoms with Crippen molar-refractivity contribution >= 4 is 45.4 Å². The highest BCUT2D eigenvalue weighted by atomic mass is 32.1. The monoisotopic (exact) mass is 414 g/mol. The predicted octanol–water partition coefficient (Wildman–Crippen LogP) is 6.40. The molecule has 0 amide bonds. The van der Waals surface area contributed by atoms with E-state index in [-0.39, 0.29) is 0 Å². The molecular formula is C25H22N2O2S. The van der Waals surface area contributed by atoms with Crippen LogP contribution >= 0.6 is 11.3 Å². The van der Waals surface area contributed by atoms with Gasteiger partial charge in [-0.1, -0.05) is 37.3 Å². The second-order valence-corrected chi connectivity index (χ2v) is 7.88. The number of nitrogens with zero attached hydrogens (tertiary/aromatic N) is 1. The number of aryl methyl sites for hydroxylation is 1. The van der Waals surface area contributed by atoms with Crippen LogP contribution in [0.15, 0.2) is 65.5 Å². The molecule has 0 fully saturated rings. The van der Waals surface area contributed by atoms with Crippen molar-refractivity contribution in [2.75, 3.05) is 0 Å². The van der Waals surface area contributed by atoms with E-state index in [0.717, 1.165) is 40.1 Å². The quantitative estimate of drug-likeness (QED) is 0.359. The molecule has 4 rings (SSSR count). The van der Waals surface area contributed by atoms with Crippen LogP contribution in [0.3, 0.4) is 0 Å². The van der Waals surface area contributed by atoms with E-state index in [0.29, 0.717) is 0 Å². The molecule has 2 heterocycles. The van der Waals surface area contributed by atoms with Gasteiger partial charge in [0.05, 0.1) is 11.7 Å². The van der Waals surface area contributed by atoms with Crippen molar-refractivity contribution in [1.29, 1.82) is 0 Å². The van der Waals surface area contributed by atoms with Crippen LogP contribution in [0.2, 0.25) is 0 Å². The zero-order chi connectivity index (χ0) is 21.1. The Morgan fingerprint density at radius 1 is 1.13 bits per heavy atom. The van der Waals surface area contributed by atoms with Gasteiger partial charge in [0, 0.05) is 11.5 Å². The number of thiophene rings is 1. The number of hydrogen-bond donors (Lipinski definition) is 2. The van der Waals surface area contributed by atoms with Gasteiger partial charge in [0.15, 0.2) is 0 Å². The molecule has 4 aromatic rings. The Morgan fingerprint density at radius 2 is 1.90 bits per heavy atom. The lowest BCUT2D eigenvalue weighted by molar-refractivity contribution is -0.131. The maximum atomic E-state index is 10.8. The van der Waals surface area contributed by atoms with E-state index >= 15 is 0 Å². The summed E-state index contributed by atoms with van der Waals surface area (Å²) < 4.78 is 0. The van der Waals surface area contributed by atoms with Gasteiger partial charge in [-0.25, -0.2) is 4.79 Å². The van der Waals surface area contributed by atoms with Gasteiger partial charge in [-0.2, -0.15) is 16.4 Å². The summed E-state index contributed by atoms with van der Waals surface area (Å²) in [4.78, 5) is 10.8. The van der Waals surface area contributed by atoms with Gasteiger partial charge < -0.3 is 5.11 Å². The third-order valence-electron chi connectivity index (χ3n) is 5.18. The molecule has 2 N–H and O–H groups in total. The molecular weight excluding hydrogens is 392 g/mol. The average Bonchev–Trinajstić information content (AvgIpc) is 3.39. The number of H-pyrrole nitrogens is 1. The van der Waals surface area contributed by atoms with Gasteiger partial charge in [-0.05, 0) is 81.3 Å². The largest absolute Gasteiger partial charge is 0.478 e. The zero-order valence-electron chi connectivity index (χ0n) is 16.8. The maximum Gasteiger partial charge on any atom is 0.328 e. The van der Waals surface area contributed by atoms with Crippen LogP contribution in [0, 0.1) is 6.92 Å². The lowest BCUT2D eigenvalue weighted by Gasteiger charge is -2.16. The van der Waals surface area contributed by atoms with Crippen LogP contribution in [0.5, 0.6) is 0 Å². The number of allylic oxidation sites excluding steroid dienone is 1. The Hall–Kier alpha value is -3.44. The number of carboxylic acids is 1. The molecule has 0 aliphatic rings. The molecule has 30 heavy (non-hydrogen) atoms. The van der Waals surface area contributed by atoms with E-state index in [1.807, 2.05) is 18.3 Å². The molecule has 0 spiro atoms. The third kappa shape index (κ3) is 3.98. The summed E-state index contributed by atoms with van der Waals surface area (Å²) in [6.45, 7) is 4.34. The van der Waals surface area contributed by atoms with Crippen LogP contribution in [-0.4, -0.2) is 21.3 Å². The van der Waals surface area contributed by atoms with Crippen LogP contribution < -0.4 is 0 Å². The van der Waals surface area contributed by atoms with Gasteiger partial charge >= 0.3 is 5.97 Å². The summed E-state index contributed by atoms with van der Waals surface area (Å²) >= 11 is 1.72. The van der Waals surface area contributed by atoms with Crippen LogP contribution in [0.1, 0.15) is 41.2 Å². The molecule has 150 valence electrons. The van der Waals surface area contributed by atoms with E-state index in [1.54, 1.807) is 17.4 Å². The minimum Gasteiger partial charge on any atom is -0.478 e. The molecule has 0 aliphatic carbocycles. The molecule has 0 radical (unpaired) electrons. The lowest BCUT2D eigenvalue weighted by atomic mass is 9.87. The van der Waals surface area contributed by atoms with E-state index in [1.165, 1.54) is 22.3 Å². The second kappa shape index (κ2) is 8.51. The van der Waals surface area contributed by atoms with Crippen molar-refractivity contribution in [2.45, 2.75) is 20.3 Å². The number of aromatic nitrogens is 2. The SMILES string of the molecule is CCC(=C(c1ccc(C=CC(=O)O)cc1)c1ccc2[nH]ncc2c1)c1cscc1C. The number of rotatable bonds is 6. The number of carbonyl (C=O) groups is 1. The first-order valence-electron chi connectivity index (χ1n) is 9.78. The molecule has 0 atom stereocenters. The Balaban J connectivity index is 1.90. The summed E-state index contributed by atoms with van der Waals surface area (Å²) in [7, 11) is 0. The molecule has 0 aliphatic heterocycles. The van der Waals surface area contributed by atoms with Crippen molar-refractivity contribution in [3.63, 3.8) is 0 Å². The summed E-state index contributed by atoms with van der Waals surface area (Å²) in [5.41, 5.74) is 9.15. The summed E-state index contributed by atoms with van der Waals surface area (Å²) in [6, 6.07) is 14.4. The molecule has 2 aromatic heterocycles. The molecule has 0 saturated carbocycles. The number of fused-ring (bicyclic) bond motifs is 1. The van der Waals surface area contributed by atoms with Gasteiger partial charge in [0.2, 0.25) is 0 Å². The van der Waals surface area contributed by atoms with E-state index in [9.17, 15) is 4.79 Å². The topological polar surface area (TPSA) is 66.0 Å². The van der Waals surface area contributed by atoms with Crippen LogP contribution in [0.25, 0.3) is 28.1 Å². The molecule has 4 nitrogen and oxygen atoms in total. The van der Waals surface area contributed by atoms with Crippen molar-refractivity contribution in [3.8, 4) is 0 Å². The lowest BCUT2D eigenvalue weighted by Crippen LogP contribution is -1.95. The fourth-order valence-electron chi connectivity index (χ4n) is 3.71. The molecule has 0 bridgehead atoms. The number of carboxylic acid groups (broad SMARTS) is 1. The average molecular weight is 415 g/mol. The van der Waals surface area contributed by atoms with Crippen molar-refractivity contribution in [3.05, 3.63) is 93.3 Å². The number of aliphatic carboxylic acids is 1. The van der Waals surface area contributed by atoms with Gasteiger partial charge in [0.1, 0.15) is 0 Å². The second-order valence-electron chi connectivity index (χ2n) is 7.14. The first-order valence-corrected chi connectivity index (χ1v) is 10.7. The fraction of sp³-hybridized carbons (Fsp3) is 0.120. The van der Waals surface area contributed by atoms with Crippen molar-refractivity contribution in [1.82, 2.24) is 10.2 Å². The summed E-state index contributed by atoms with van der Waals surface area (Å²) in [5.74, 6) is -0.950. The summed E-state index contributed by atoms with van der Waals surface area (Å²) in [6.07, 6.45) is 5.51. The highest BCUT2D eigenvalue weighted by Gasteiger charge is 2.15. The molecule has 0 unspecified atom stereocenters. The van der Waals surface area contributed by atoms with Crippen LogP contribution in [0.4, 0.5) is 0 Å².